The van der Waals surface area contributed by atoms with Crippen molar-refractivity contribution in [3.8, 4) is 0 Å². The molecule has 3 nitrogen and oxygen atoms in total. The zero-order valence-electron chi connectivity index (χ0n) is 12.1. The fraction of sp³-hybridized carbons (Fsp3) is 1.00. The van der Waals surface area contributed by atoms with E-state index in [1.54, 1.807) is 0 Å². The topological polar surface area (TPSA) is 27.7 Å². The van der Waals surface area contributed by atoms with Crippen molar-refractivity contribution in [2.75, 3.05) is 19.8 Å². The summed E-state index contributed by atoms with van der Waals surface area (Å²) in [5.74, 6) is 2.69. The summed E-state index contributed by atoms with van der Waals surface area (Å²) in [4.78, 5) is 0. The second-order valence-corrected chi connectivity index (χ2v) is 8.26. The molecule has 2 aliphatic carbocycles. The van der Waals surface area contributed by atoms with Gasteiger partial charge in [-0.15, -0.1) is 0 Å². The van der Waals surface area contributed by atoms with Gasteiger partial charge < -0.3 is 13.3 Å². The lowest BCUT2D eigenvalue weighted by Crippen LogP contribution is -2.48. The highest BCUT2D eigenvalue weighted by Gasteiger charge is 2.49. The molecule has 3 atom stereocenters. The molecule has 2 fully saturated rings. The highest BCUT2D eigenvalue weighted by molar-refractivity contribution is 6.60. The second kappa shape index (κ2) is 6.50. The van der Waals surface area contributed by atoms with E-state index in [2.05, 4.69) is 0 Å². The van der Waals surface area contributed by atoms with E-state index in [0.717, 1.165) is 23.8 Å². The zero-order valence-corrected chi connectivity index (χ0v) is 13.1. The van der Waals surface area contributed by atoms with Crippen molar-refractivity contribution in [2.24, 2.45) is 17.8 Å². The molecule has 4 heteroatoms. The van der Waals surface area contributed by atoms with Crippen LogP contribution in [0.3, 0.4) is 0 Å². The predicted octanol–water partition coefficient (Wildman–Crippen LogP) is 3.47. The van der Waals surface area contributed by atoms with Gasteiger partial charge in [-0.05, 0) is 57.8 Å². The molecule has 106 valence electrons. The van der Waals surface area contributed by atoms with Crippen LogP contribution in [0.5, 0.6) is 0 Å². The number of rotatable bonds is 8. The van der Waals surface area contributed by atoms with Gasteiger partial charge in [-0.1, -0.05) is 6.42 Å². The molecule has 0 spiro atoms. The molecule has 0 aromatic heterocycles. The Morgan fingerprint density at radius 2 is 1.50 bits per heavy atom. The summed E-state index contributed by atoms with van der Waals surface area (Å²) in [7, 11) is -2.40. The molecule has 0 amide bonds. The molecule has 18 heavy (non-hydrogen) atoms. The third-order valence-corrected chi connectivity index (χ3v) is 7.70. The van der Waals surface area contributed by atoms with E-state index >= 15 is 0 Å². The molecule has 0 aromatic carbocycles. The molecule has 0 aromatic rings. The van der Waals surface area contributed by atoms with E-state index in [1.165, 1.54) is 25.7 Å². The minimum atomic E-state index is -2.40. The summed E-state index contributed by atoms with van der Waals surface area (Å²) < 4.78 is 17.9. The van der Waals surface area contributed by atoms with Crippen LogP contribution in [0.2, 0.25) is 6.04 Å². The first-order valence-corrected chi connectivity index (χ1v) is 9.58. The van der Waals surface area contributed by atoms with Gasteiger partial charge in [-0.25, -0.2) is 0 Å². The van der Waals surface area contributed by atoms with Gasteiger partial charge in [0.05, 0.1) is 0 Å². The van der Waals surface area contributed by atoms with E-state index in [4.69, 9.17) is 13.3 Å². The van der Waals surface area contributed by atoms with Crippen molar-refractivity contribution in [1.29, 1.82) is 0 Å². The Balaban J connectivity index is 1.98. The molecule has 0 saturated heterocycles. The number of fused-ring (bicyclic) bond motifs is 2. The molecule has 2 aliphatic rings. The minimum absolute atomic E-state index is 0.701. The summed E-state index contributed by atoms with van der Waals surface area (Å²) in [6.45, 7) is 8.23. The molecule has 0 N–H and O–H groups in total. The van der Waals surface area contributed by atoms with Crippen molar-refractivity contribution in [3.63, 3.8) is 0 Å². The first kappa shape index (κ1) is 14.5. The van der Waals surface area contributed by atoms with Crippen LogP contribution < -0.4 is 0 Å². The lowest BCUT2D eigenvalue weighted by molar-refractivity contribution is 0.0641. The number of hydrogen-bond acceptors (Lipinski definition) is 3. The Hall–Kier alpha value is 0.0969. The fourth-order valence-corrected chi connectivity index (χ4v) is 6.97. The SMILES string of the molecule is CCO[Si](CC1CC2CCC1C2)(OCC)OCC. The van der Waals surface area contributed by atoms with Gasteiger partial charge in [0.15, 0.2) is 0 Å². The van der Waals surface area contributed by atoms with Crippen LogP contribution in [0.1, 0.15) is 46.5 Å². The van der Waals surface area contributed by atoms with Crippen LogP contribution in [0, 0.1) is 17.8 Å². The Morgan fingerprint density at radius 1 is 0.889 bits per heavy atom. The van der Waals surface area contributed by atoms with Gasteiger partial charge >= 0.3 is 8.80 Å². The third-order valence-electron chi connectivity index (χ3n) is 4.49. The van der Waals surface area contributed by atoms with Gasteiger partial charge in [0.2, 0.25) is 0 Å². The monoisotopic (exact) mass is 272 g/mol. The average molecular weight is 272 g/mol. The van der Waals surface area contributed by atoms with Gasteiger partial charge in [0, 0.05) is 25.9 Å². The van der Waals surface area contributed by atoms with Crippen LogP contribution in [0.15, 0.2) is 0 Å². The van der Waals surface area contributed by atoms with Crippen LogP contribution in [-0.2, 0) is 13.3 Å². The van der Waals surface area contributed by atoms with E-state index in [1.807, 2.05) is 20.8 Å². The van der Waals surface area contributed by atoms with Crippen molar-refractivity contribution >= 4 is 8.80 Å². The molecule has 0 heterocycles. The maximum Gasteiger partial charge on any atom is 0.501 e. The number of hydrogen-bond donors (Lipinski definition) is 0. The zero-order chi connectivity index (χ0) is 13.0. The van der Waals surface area contributed by atoms with Crippen LogP contribution in [0.25, 0.3) is 0 Å². The maximum absolute atomic E-state index is 5.97. The molecular formula is C14H28O3Si. The van der Waals surface area contributed by atoms with E-state index in [9.17, 15) is 0 Å². The summed E-state index contributed by atoms with van der Waals surface area (Å²) in [5, 5.41) is 0. The van der Waals surface area contributed by atoms with Gasteiger partial charge in [0.25, 0.3) is 0 Å². The molecular weight excluding hydrogens is 244 g/mol. The average Bonchev–Trinajstić information content (AvgIpc) is 2.92. The largest absolute Gasteiger partial charge is 0.501 e. The second-order valence-electron chi connectivity index (χ2n) is 5.62. The van der Waals surface area contributed by atoms with Gasteiger partial charge in [-0.2, -0.15) is 0 Å². The standard InChI is InChI=1S/C14H28O3Si/c1-4-15-18(16-5-2,17-6-3)11-14-10-12-7-8-13(14)9-12/h12-14H,4-11H2,1-3H3. The van der Waals surface area contributed by atoms with Crippen LogP contribution in [0.4, 0.5) is 0 Å². The normalized spacial score (nSPS) is 31.2. The lowest BCUT2D eigenvalue weighted by Gasteiger charge is -2.33. The van der Waals surface area contributed by atoms with Crippen molar-refractivity contribution < 1.29 is 13.3 Å². The smallest absolute Gasteiger partial charge is 0.374 e. The first-order valence-electron chi connectivity index (χ1n) is 7.64. The lowest BCUT2D eigenvalue weighted by atomic mass is 9.90. The third kappa shape index (κ3) is 3.16. The predicted molar refractivity (Wildman–Crippen MR) is 74.4 cm³/mol. The highest BCUT2D eigenvalue weighted by atomic mass is 28.4. The highest BCUT2D eigenvalue weighted by Crippen LogP contribution is 2.51. The molecule has 0 radical (unpaired) electrons. The quantitative estimate of drug-likeness (QED) is 0.633. The van der Waals surface area contributed by atoms with E-state index < -0.39 is 8.80 Å². The fourth-order valence-electron chi connectivity index (χ4n) is 3.91. The Labute approximate surface area is 113 Å². The Kier molecular flexibility index (Phi) is 5.24. The summed E-state index contributed by atoms with van der Waals surface area (Å²) in [5.41, 5.74) is 0. The van der Waals surface area contributed by atoms with Gasteiger partial charge in [-0.3, -0.25) is 0 Å². The van der Waals surface area contributed by atoms with Crippen molar-refractivity contribution in [3.05, 3.63) is 0 Å². The van der Waals surface area contributed by atoms with Crippen LogP contribution in [-0.4, -0.2) is 28.6 Å². The molecule has 2 bridgehead atoms. The summed E-state index contributed by atoms with van der Waals surface area (Å²) in [6, 6.07) is 1.05. The molecule has 3 unspecified atom stereocenters. The van der Waals surface area contributed by atoms with Crippen molar-refractivity contribution in [1.82, 2.24) is 0 Å². The Morgan fingerprint density at radius 3 is 1.89 bits per heavy atom. The van der Waals surface area contributed by atoms with E-state index in [0.29, 0.717) is 19.8 Å². The summed E-state index contributed by atoms with van der Waals surface area (Å²) in [6.07, 6.45) is 5.70. The minimum Gasteiger partial charge on any atom is -0.374 e. The van der Waals surface area contributed by atoms with Crippen LogP contribution >= 0.6 is 0 Å². The first-order chi connectivity index (χ1) is 8.73. The van der Waals surface area contributed by atoms with Gasteiger partial charge in [0.1, 0.15) is 0 Å². The van der Waals surface area contributed by atoms with Crippen molar-refractivity contribution in [2.45, 2.75) is 52.5 Å². The molecule has 2 rings (SSSR count). The molecule has 2 saturated carbocycles. The summed E-state index contributed by atoms with van der Waals surface area (Å²) >= 11 is 0. The molecule has 0 aliphatic heterocycles. The maximum atomic E-state index is 5.97. The Bertz CT molecular complexity index is 242. The van der Waals surface area contributed by atoms with E-state index in [-0.39, 0.29) is 0 Å².